The van der Waals surface area contributed by atoms with Gasteiger partial charge in [-0.15, -0.1) is 0 Å². The molecule has 2 unspecified atom stereocenters. The lowest BCUT2D eigenvalue weighted by Crippen LogP contribution is -2.30. The van der Waals surface area contributed by atoms with Crippen LogP contribution in [0.3, 0.4) is 0 Å². The molecule has 2 nitrogen and oxygen atoms in total. The minimum absolute atomic E-state index is 0.455. The quantitative estimate of drug-likeness (QED) is 0.780. The Hall–Kier alpha value is -0.570. The lowest BCUT2D eigenvalue weighted by atomic mass is 9.87. The molecule has 108 valence electrons. The van der Waals surface area contributed by atoms with Crippen LogP contribution in [0.4, 0.5) is 0 Å². The zero-order valence-electron chi connectivity index (χ0n) is 12.4. The monoisotopic (exact) mass is 283 g/mol. The second-order valence-electron chi connectivity index (χ2n) is 5.64. The minimum Gasteiger partial charge on any atom is -0.384 e. The highest BCUT2D eigenvalue weighted by atomic mass is 35.5. The fourth-order valence-electron chi connectivity index (χ4n) is 2.26. The molecule has 0 aromatic heterocycles. The van der Waals surface area contributed by atoms with E-state index in [2.05, 4.69) is 38.2 Å². The third-order valence-corrected chi connectivity index (χ3v) is 3.58. The maximum Gasteiger partial charge on any atom is 0.0494 e. The Kier molecular flexibility index (Phi) is 7.44. The van der Waals surface area contributed by atoms with Crippen molar-refractivity contribution in [2.45, 2.75) is 26.7 Å². The van der Waals surface area contributed by atoms with E-state index in [1.807, 2.05) is 12.1 Å². The number of nitrogens with one attached hydrogen (secondary N) is 1. The first-order valence-electron chi connectivity index (χ1n) is 6.99. The zero-order chi connectivity index (χ0) is 14.3. The lowest BCUT2D eigenvalue weighted by Gasteiger charge is -2.25. The summed E-state index contributed by atoms with van der Waals surface area (Å²) >= 11 is 5.96. The fraction of sp³-hybridized carbons (Fsp3) is 0.625. The molecule has 1 aromatic carbocycles. The summed E-state index contributed by atoms with van der Waals surface area (Å²) in [7, 11) is 1.76. The van der Waals surface area contributed by atoms with Crippen molar-refractivity contribution in [3.63, 3.8) is 0 Å². The van der Waals surface area contributed by atoms with Crippen LogP contribution in [0, 0.1) is 11.8 Å². The van der Waals surface area contributed by atoms with Crippen LogP contribution < -0.4 is 5.32 Å². The Bertz CT molecular complexity index is 350. The average Bonchev–Trinajstić information content (AvgIpc) is 2.36. The smallest absolute Gasteiger partial charge is 0.0494 e. The van der Waals surface area contributed by atoms with E-state index >= 15 is 0 Å². The third-order valence-electron chi connectivity index (χ3n) is 3.33. The molecule has 0 saturated heterocycles. The van der Waals surface area contributed by atoms with Crippen LogP contribution in [0.2, 0.25) is 5.02 Å². The van der Waals surface area contributed by atoms with Gasteiger partial charge in [-0.05, 0) is 36.1 Å². The summed E-state index contributed by atoms with van der Waals surface area (Å²) in [6.45, 7) is 9.48. The third kappa shape index (κ3) is 5.94. The Labute approximate surface area is 122 Å². The first-order valence-corrected chi connectivity index (χ1v) is 7.37. The second-order valence-corrected chi connectivity index (χ2v) is 6.08. The van der Waals surface area contributed by atoms with Crippen molar-refractivity contribution in [1.82, 2.24) is 5.32 Å². The normalized spacial score (nSPS) is 14.6. The van der Waals surface area contributed by atoms with Gasteiger partial charge in [0, 0.05) is 31.2 Å². The van der Waals surface area contributed by atoms with Gasteiger partial charge in [0.1, 0.15) is 0 Å². The molecule has 0 heterocycles. The number of hydrogen-bond donors (Lipinski definition) is 1. The first-order chi connectivity index (χ1) is 9.04. The second kappa shape index (κ2) is 8.57. The number of benzene rings is 1. The van der Waals surface area contributed by atoms with Gasteiger partial charge in [-0.25, -0.2) is 0 Å². The molecular formula is C16H26ClNO. The van der Waals surface area contributed by atoms with E-state index < -0.39 is 0 Å². The van der Waals surface area contributed by atoms with Crippen LogP contribution in [0.1, 0.15) is 32.3 Å². The molecule has 19 heavy (non-hydrogen) atoms. The number of rotatable bonds is 8. The molecule has 0 radical (unpaired) electrons. The topological polar surface area (TPSA) is 21.3 Å². The van der Waals surface area contributed by atoms with Gasteiger partial charge in [0.05, 0.1) is 0 Å². The lowest BCUT2D eigenvalue weighted by molar-refractivity contribution is 0.145. The Morgan fingerprint density at radius 3 is 2.26 bits per heavy atom. The van der Waals surface area contributed by atoms with Gasteiger partial charge in [-0.3, -0.25) is 0 Å². The molecule has 2 atom stereocenters. The summed E-state index contributed by atoms with van der Waals surface area (Å²) in [5, 5.41) is 4.34. The molecule has 0 aliphatic rings. The summed E-state index contributed by atoms with van der Waals surface area (Å²) in [6, 6.07) is 8.17. The first kappa shape index (κ1) is 16.5. The Balaban J connectivity index is 2.70. The van der Waals surface area contributed by atoms with Crippen molar-refractivity contribution in [1.29, 1.82) is 0 Å². The van der Waals surface area contributed by atoms with Gasteiger partial charge in [0.2, 0.25) is 0 Å². The van der Waals surface area contributed by atoms with E-state index in [1.165, 1.54) is 5.56 Å². The number of methoxy groups -OCH3 is 1. The standard InChI is InChI=1S/C16H26ClNO/c1-12(2)9-18-10-16(13(3)11-19-4)14-5-7-15(17)8-6-14/h5-8,12-13,16,18H,9-11H2,1-4H3. The Morgan fingerprint density at radius 2 is 1.74 bits per heavy atom. The largest absolute Gasteiger partial charge is 0.384 e. The molecule has 0 fully saturated rings. The van der Waals surface area contributed by atoms with Gasteiger partial charge in [-0.1, -0.05) is 44.5 Å². The van der Waals surface area contributed by atoms with Crippen molar-refractivity contribution in [3.05, 3.63) is 34.9 Å². The molecule has 0 amide bonds. The fourth-order valence-corrected chi connectivity index (χ4v) is 2.39. The highest BCUT2D eigenvalue weighted by Crippen LogP contribution is 2.25. The van der Waals surface area contributed by atoms with Gasteiger partial charge >= 0.3 is 0 Å². The van der Waals surface area contributed by atoms with Crippen molar-refractivity contribution in [2.75, 3.05) is 26.8 Å². The predicted molar refractivity (Wildman–Crippen MR) is 82.9 cm³/mol. The van der Waals surface area contributed by atoms with Crippen LogP contribution in [0.15, 0.2) is 24.3 Å². The number of hydrogen-bond acceptors (Lipinski definition) is 2. The minimum atomic E-state index is 0.455. The summed E-state index contributed by atoms with van der Waals surface area (Å²) < 4.78 is 5.30. The highest BCUT2D eigenvalue weighted by molar-refractivity contribution is 6.30. The SMILES string of the molecule is COCC(C)C(CNCC(C)C)c1ccc(Cl)cc1. The van der Waals surface area contributed by atoms with E-state index in [-0.39, 0.29) is 0 Å². The van der Waals surface area contributed by atoms with Gasteiger partial charge in [0.25, 0.3) is 0 Å². The molecule has 1 aromatic rings. The van der Waals surface area contributed by atoms with Crippen LogP contribution in [0.5, 0.6) is 0 Å². The number of halogens is 1. The number of ether oxygens (including phenoxy) is 1. The van der Waals surface area contributed by atoms with E-state index in [0.29, 0.717) is 17.8 Å². The van der Waals surface area contributed by atoms with Crippen molar-refractivity contribution >= 4 is 11.6 Å². The van der Waals surface area contributed by atoms with Gasteiger partial charge < -0.3 is 10.1 Å². The molecule has 0 bridgehead atoms. The van der Waals surface area contributed by atoms with E-state index in [1.54, 1.807) is 7.11 Å². The zero-order valence-corrected chi connectivity index (χ0v) is 13.2. The molecule has 1 N–H and O–H groups in total. The molecule has 0 spiro atoms. The van der Waals surface area contributed by atoms with Crippen LogP contribution in [0.25, 0.3) is 0 Å². The summed E-state index contributed by atoms with van der Waals surface area (Å²) in [5.41, 5.74) is 1.32. The molecule has 3 heteroatoms. The van der Waals surface area contributed by atoms with E-state index in [4.69, 9.17) is 16.3 Å². The van der Waals surface area contributed by atoms with Crippen LogP contribution in [-0.2, 0) is 4.74 Å². The van der Waals surface area contributed by atoms with E-state index in [0.717, 1.165) is 24.7 Å². The maximum atomic E-state index is 5.96. The van der Waals surface area contributed by atoms with Gasteiger partial charge in [0.15, 0.2) is 0 Å². The predicted octanol–water partition coefficient (Wildman–Crippen LogP) is 3.95. The van der Waals surface area contributed by atoms with Crippen molar-refractivity contribution < 1.29 is 4.74 Å². The molecule has 0 saturated carbocycles. The van der Waals surface area contributed by atoms with Crippen molar-refractivity contribution in [2.24, 2.45) is 11.8 Å². The summed E-state index contributed by atoms with van der Waals surface area (Å²) in [5.74, 6) is 1.60. The molecule has 0 aliphatic carbocycles. The summed E-state index contributed by atoms with van der Waals surface area (Å²) in [6.07, 6.45) is 0. The Morgan fingerprint density at radius 1 is 1.11 bits per heavy atom. The van der Waals surface area contributed by atoms with E-state index in [9.17, 15) is 0 Å². The van der Waals surface area contributed by atoms with Crippen LogP contribution >= 0.6 is 11.6 Å². The molecular weight excluding hydrogens is 258 g/mol. The van der Waals surface area contributed by atoms with Crippen LogP contribution in [-0.4, -0.2) is 26.8 Å². The maximum absolute atomic E-state index is 5.96. The summed E-state index contributed by atoms with van der Waals surface area (Å²) in [4.78, 5) is 0. The molecule has 1 rings (SSSR count). The average molecular weight is 284 g/mol. The highest BCUT2D eigenvalue weighted by Gasteiger charge is 2.19. The van der Waals surface area contributed by atoms with Gasteiger partial charge in [-0.2, -0.15) is 0 Å². The van der Waals surface area contributed by atoms with Crippen molar-refractivity contribution in [3.8, 4) is 0 Å². The molecule has 0 aliphatic heterocycles.